The number of aryl methyl sites for hydroxylation is 1. The van der Waals surface area contributed by atoms with E-state index >= 15 is 0 Å². The van der Waals surface area contributed by atoms with Gasteiger partial charge in [0.2, 0.25) is 5.91 Å². The van der Waals surface area contributed by atoms with Gasteiger partial charge in [0.05, 0.1) is 0 Å². The molecule has 2 N–H and O–H groups in total. The van der Waals surface area contributed by atoms with Gasteiger partial charge in [-0.15, -0.1) is 0 Å². The second-order valence-electron chi connectivity index (χ2n) is 5.36. The Bertz CT molecular complexity index is 747. The third-order valence-electron chi connectivity index (χ3n) is 4.02. The predicted octanol–water partition coefficient (Wildman–Crippen LogP) is 3.34. The third kappa shape index (κ3) is 2.05. The number of rotatable bonds is 4. The summed E-state index contributed by atoms with van der Waals surface area (Å²) < 4.78 is 0. The Balaban J connectivity index is 2.28. The molecule has 1 aliphatic carbocycles. The van der Waals surface area contributed by atoms with E-state index in [1.54, 1.807) is 6.07 Å². The van der Waals surface area contributed by atoms with Gasteiger partial charge in [0.25, 0.3) is 0 Å². The SMILES string of the molecule is CCCCc1ccc(C(N)=O)c2c1C(=O)c1ccccc1-2. The fourth-order valence-electron chi connectivity index (χ4n) is 3.00. The topological polar surface area (TPSA) is 60.2 Å². The van der Waals surface area contributed by atoms with Gasteiger partial charge in [-0.3, -0.25) is 9.59 Å². The number of ketones is 1. The molecule has 0 saturated carbocycles. The van der Waals surface area contributed by atoms with Crippen molar-refractivity contribution in [1.29, 1.82) is 0 Å². The van der Waals surface area contributed by atoms with Crippen LogP contribution >= 0.6 is 0 Å². The van der Waals surface area contributed by atoms with E-state index in [1.807, 2.05) is 30.3 Å². The Morgan fingerprint density at radius 3 is 2.43 bits per heavy atom. The van der Waals surface area contributed by atoms with Gasteiger partial charge in [0, 0.05) is 22.3 Å². The average molecular weight is 279 g/mol. The Hall–Kier alpha value is -2.42. The number of hydrogen-bond donors (Lipinski definition) is 1. The Kier molecular flexibility index (Phi) is 3.34. The van der Waals surface area contributed by atoms with Crippen molar-refractivity contribution in [2.75, 3.05) is 0 Å². The summed E-state index contributed by atoms with van der Waals surface area (Å²) in [6.45, 7) is 2.12. The average Bonchev–Trinajstić information content (AvgIpc) is 2.79. The number of nitrogens with two attached hydrogens (primary N) is 1. The lowest BCUT2D eigenvalue weighted by atomic mass is 9.93. The van der Waals surface area contributed by atoms with Crippen molar-refractivity contribution in [2.45, 2.75) is 26.2 Å². The molecule has 0 spiro atoms. The van der Waals surface area contributed by atoms with Crippen LogP contribution in [-0.2, 0) is 6.42 Å². The van der Waals surface area contributed by atoms with Crippen LogP contribution in [0.15, 0.2) is 36.4 Å². The number of unbranched alkanes of at least 4 members (excludes halogenated alkanes) is 1. The molecule has 1 aliphatic rings. The number of carbonyl (C=O) groups is 2. The van der Waals surface area contributed by atoms with Crippen molar-refractivity contribution in [2.24, 2.45) is 5.73 Å². The van der Waals surface area contributed by atoms with Gasteiger partial charge >= 0.3 is 0 Å². The number of fused-ring (bicyclic) bond motifs is 3. The molecule has 1 amide bonds. The number of benzene rings is 2. The Morgan fingerprint density at radius 1 is 1.05 bits per heavy atom. The number of hydrogen-bond acceptors (Lipinski definition) is 2. The smallest absolute Gasteiger partial charge is 0.249 e. The van der Waals surface area contributed by atoms with E-state index in [9.17, 15) is 9.59 Å². The highest BCUT2D eigenvalue weighted by molar-refractivity contribution is 6.25. The molecule has 106 valence electrons. The predicted molar refractivity (Wildman–Crippen MR) is 82.4 cm³/mol. The molecule has 0 radical (unpaired) electrons. The van der Waals surface area contributed by atoms with E-state index in [0.717, 1.165) is 36.0 Å². The van der Waals surface area contributed by atoms with Crippen molar-refractivity contribution in [3.63, 3.8) is 0 Å². The summed E-state index contributed by atoms with van der Waals surface area (Å²) in [5.74, 6) is -0.479. The minimum Gasteiger partial charge on any atom is -0.366 e. The molecular weight excluding hydrogens is 262 g/mol. The molecule has 0 unspecified atom stereocenters. The highest BCUT2D eigenvalue weighted by Crippen LogP contribution is 2.40. The highest BCUT2D eigenvalue weighted by Gasteiger charge is 2.31. The number of primary amides is 1. The zero-order valence-electron chi connectivity index (χ0n) is 12.0. The summed E-state index contributed by atoms with van der Waals surface area (Å²) >= 11 is 0. The van der Waals surface area contributed by atoms with Crippen molar-refractivity contribution in [3.8, 4) is 11.1 Å². The lowest BCUT2D eigenvalue weighted by molar-refractivity contribution is 0.100. The molecule has 0 aromatic heterocycles. The van der Waals surface area contributed by atoms with Gasteiger partial charge in [-0.2, -0.15) is 0 Å². The van der Waals surface area contributed by atoms with Gasteiger partial charge < -0.3 is 5.73 Å². The van der Waals surface area contributed by atoms with Crippen molar-refractivity contribution in [1.82, 2.24) is 0 Å². The van der Waals surface area contributed by atoms with E-state index < -0.39 is 5.91 Å². The monoisotopic (exact) mass is 279 g/mol. The number of amides is 1. The van der Waals surface area contributed by atoms with Crippen LogP contribution in [0.2, 0.25) is 0 Å². The molecule has 0 bridgehead atoms. The molecule has 3 nitrogen and oxygen atoms in total. The fraction of sp³-hybridized carbons (Fsp3) is 0.222. The quantitative estimate of drug-likeness (QED) is 0.796. The fourth-order valence-corrected chi connectivity index (χ4v) is 3.00. The van der Waals surface area contributed by atoms with Gasteiger partial charge in [0.15, 0.2) is 5.78 Å². The summed E-state index contributed by atoms with van der Waals surface area (Å²) in [7, 11) is 0. The first kappa shape index (κ1) is 13.6. The van der Waals surface area contributed by atoms with Crippen molar-refractivity contribution < 1.29 is 9.59 Å². The molecule has 3 heteroatoms. The molecule has 2 aromatic carbocycles. The summed E-state index contributed by atoms with van der Waals surface area (Å²) in [5, 5.41) is 0. The van der Waals surface area contributed by atoms with Gasteiger partial charge in [-0.1, -0.05) is 43.7 Å². The van der Waals surface area contributed by atoms with Crippen LogP contribution in [0.5, 0.6) is 0 Å². The Morgan fingerprint density at radius 2 is 1.76 bits per heavy atom. The highest BCUT2D eigenvalue weighted by atomic mass is 16.1. The van der Waals surface area contributed by atoms with E-state index in [-0.39, 0.29) is 5.78 Å². The largest absolute Gasteiger partial charge is 0.366 e. The summed E-state index contributed by atoms with van der Waals surface area (Å²) in [5.41, 5.74) is 9.81. The zero-order valence-corrected chi connectivity index (χ0v) is 12.0. The molecule has 0 saturated heterocycles. The van der Waals surface area contributed by atoms with Gasteiger partial charge in [-0.25, -0.2) is 0 Å². The van der Waals surface area contributed by atoms with Gasteiger partial charge in [-0.05, 0) is 30.0 Å². The first-order chi connectivity index (χ1) is 10.1. The molecule has 0 heterocycles. The maximum absolute atomic E-state index is 12.7. The minimum atomic E-state index is -0.488. The normalized spacial score (nSPS) is 12.1. The van der Waals surface area contributed by atoms with E-state index in [0.29, 0.717) is 16.7 Å². The molecule has 0 fully saturated rings. The van der Waals surface area contributed by atoms with Crippen LogP contribution in [0.4, 0.5) is 0 Å². The van der Waals surface area contributed by atoms with E-state index in [2.05, 4.69) is 6.92 Å². The molecular formula is C18H17NO2. The van der Waals surface area contributed by atoms with Gasteiger partial charge in [0.1, 0.15) is 0 Å². The van der Waals surface area contributed by atoms with Crippen LogP contribution in [0.3, 0.4) is 0 Å². The van der Waals surface area contributed by atoms with Crippen LogP contribution in [0.1, 0.15) is 51.6 Å². The van der Waals surface area contributed by atoms with Crippen LogP contribution in [0.25, 0.3) is 11.1 Å². The number of carbonyl (C=O) groups excluding carboxylic acids is 2. The second-order valence-corrected chi connectivity index (χ2v) is 5.36. The second kappa shape index (κ2) is 5.17. The summed E-state index contributed by atoms with van der Waals surface area (Å²) in [4.78, 5) is 24.4. The molecule has 3 rings (SSSR count). The molecule has 21 heavy (non-hydrogen) atoms. The molecule has 0 atom stereocenters. The maximum atomic E-state index is 12.7. The Labute approximate surface area is 123 Å². The standard InChI is InChI=1S/C18H17NO2/c1-2-3-6-11-9-10-14(18(19)21)16-12-7-4-5-8-13(12)17(20)15(11)16/h4-5,7-10H,2-3,6H2,1H3,(H2,19,21). The van der Waals surface area contributed by atoms with Crippen molar-refractivity contribution >= 4 is 11.7 Å². The first-order valence-corrected chi connectivity index (χ1v) is 7.25. The maximum Gasteiger partial charge on any atom is 0.249 e. The summed E-state index contributed by atoms with van der Waals surface area (Å²) in [6, 6.07) is 11.0. The zero-order chi connectivity index (χ0) is 15.0. The lowest BCUT2D eigenvalue weighted by Gasteiger charge is -2.10. The first-order valence-electron chi connectivity index (χ1n) is 7.25. The minimum absolute atomic E-state index is 0.00908. The van der Waals surface area contributed by atoms with E-state index in [4.69, 9.17) is 5.73 Å². The molecule has 2 aromatic rings. The summed E-state index contributed by atoms with van der Waals surface area (Å²) in [6.07, 6.45) is 2.93. The van der Waals surface area contributed by atoms with Crippen LogP contribution in [0, 0.1) is 0 Å². The van der Waals surface area contributed by atoms with E-state index in [1.165, 1.54) is 0 Å². The van der Waals surface area contributed by atoms with Crippen molar-refractivity contribution in [3.05, 3.63) is 58.7 Å². The third-order valence-corrected chi connectivity index (χ3v) is 4.02. The lowest BCUT2D eigenvalue weighted by Crippen LogP contribution is -2.13. The van der Waals surface area contributed by atoms with Crippen LogP contribution in [-0.4, -0.2) is 11.7 Å². The molecule has 0 aliphatic heterocycles. The van der Waals surface area contributed by atoms with Crippen LogP contribution < -0.4 is 5.73 Å².